The average Bonchev–Trinajstić information content (AvgIpc) is 3.38. The molecule has 0 bridgehead atoms. The van der Waals surface area contributed by atoms with Gasteiger partial charge in [0.1, 0.15) is 39.9 Å². The van der Waals surface area contributed by atoms with Crippen LogP contribution in [0.4, 0.5) is 5.69 Å². The van der Waals surface area contributed by atoms with E-state index in [0.717, 1.165) is 46.3 Å². The topological polar surface area (TPSA) is 86.8 Å². The minimum Gasteiger partial charge on any atom is -0.505 e. The highest BCUT2D eigenvalue weighted by Crippen LogP contribution is 2.46. The van der Waals surface area contributed by atoms with Crippen LogP contribution in [0.25, 0.3) is 16.7 Å². The largest absolute Gasteiger partial charge is 0.505 e. The number of benzene rings is 3. The lowest BCUT2D eigenvalue weighted by molar-refractivity contribution is 0.283. The van der Waals surface area contributed by atoms with Crippen LogP contribution in [-0.2, 0) is 17.3 Å². The smallest absolute Gasteiger partial charge is 0.146 e. The SMILES string of the molecule is CC(C)(C)CC(C)(C)c1cc(Cc2cc(C(C)(C)CC(C)(C)C)cc(-n3nc4ccccc4n3)c2O)c(O)c(N2N=C3C=CC=CC32)c1. The highest BCUT2D eigenvalue weighted by Gasteiger charge is 2.36. The zero-order valence-corrected chi connectivity index (χ0v) is 30.3. The first kappa shape index (κ1) is 33.5. The first-order valence-electron chi connectivity index (χ1n) is 17.1. The maximum atomic E-state index is 12.0. The van der Waals surface area contributed by atoms with Crippen molar-refractivity contribution in [3.8, 4) is 17.2 Å². The predicted molar refractivity (Wildman–Crippen MR) is 198 cm³/mol. The van der Waals surface area contributed by atoms with Crippen molar-refractivity contribution < 1.29 is 10.2 Å². The van der Waals surface area contributed by atoms with Crippen LogP contribution >= 0.6 is 0 Å². The van der Waals surface area contributed by atoms with Crippen molar-refractivity contribution in [2.24, 2.45) is 15.9 Å². The molecule has 0 fully saturated rings. The van der Waals surface area contributed by atoms with E-state index in [9.17, 15) is 10.2 Å². The fourth-order valence-corrected chi connectivity index (χ4v) is 7.92. The maximum Gasteiger partial charge on any atom is 0.146 e. The lowest BCUT2D eigenvalue weighted by Crippen LogP contribution is -2.46. The Labute approximate surface area is 285 Å². The molecular formula is C41H51N5O2. The van der Waals surface area contributed by atoms with Crippen LogP contribution in [0.3, 0.4) is 0 Å². The number of aromatic nitrogens is 3. The van der Waals surface area contributed by atoms with E-state index in [1.165, 1.54) is 0 Å². The summed E-state index contributed by atoms with van der Waals surface area (Å²) in [6.07, 6.45) is 10.3. The second kappa shape index (κ2) is 11.6. The van der Waals surface area contributed by atoms with Gasteiger partial charge in [-0.15, -0.1) is 15.0 Å². The highest BCUT2D eigenvalue weighted by atomic mass is 16.3. The summed E-state index contributed by atoms with van der Waals surface area (Å²) in [6, 6.07) is 16.1. The number of phenols is 2. The lowest BCUT2D eigenvalue weighted by Gasteiger charge is -2.39. The van der Waals surface area contributed by atoms with Crippen molar-refractivity contribution in [1.29, 1.82) is 0 Å². The number of phenolic OH excluding ortho intramolecular Hbond substituents is 2. The van der Waals surface area contributed by atoms with Gasteiger partial charge in [-0.2, -0.15) is 5.10 Å². The summed E-state index contributed by atoms with van der Waals surface area (Å²) in [5.74, 6) is 0.287. The fraction of sp³-hybridized carbons (Fsp3) is 0.439. The van der Waals surface area contributed by atoms with Crippen LogP contribution in [0.5, 0.6) is 11.5 Å². The fourth-order valence-electron chi connectivity index (χ4n) is 7.92. The summed E-state index contributed by atoms with van der Waals surface area (Å²) >= 11 is 0. The zero-order chi connectivity index (χ0) is 34.8. The van der Waals surface area contributed by atoms with Crippen molar-refractivity contribution in [2.75, 3.05) is 5.01 Å². The number of allylic oxidation sites excluding steroid dienone is 2. The molecule has 0 saturated carbocycles. The van der Waals surface area contributed by atoms with Gasteiger partial charge in [0.05, 0.1) is 5.71 Å². The van der Waals surface area contributed by atoms with Gasteiger partial charge in [0.15, 0.2) is 0 Å². The molecule has 0 radical (unpaired) electrons. The monoisotopic (exact) mass is 645 g/mol. The molecule has 0 spiro atoms. The molecule has 7 heteroatoms. The van der Waals surface area contributed by atoms with E-state index in [1.807, 2.05) is 53.6 Å². The van der Waals surface area contributed by atoms with E-state index >= 15 is 0 Å². The van der Waals surface area contributed by atoms with E-state index in [2.05, 4.69) is 93.5 Å². The van der Waals surface area contributed by atoms with Gasteiger partial charge in [0, 0.05) is 17.5 Å². The van der Waals surface area contributed by atoms with E-state index in [0.29, 0.717) is 23.4 Å². The molecule has 4 aromatic rings. The second-order valence-corrected chi connectivity index (χ2v) is 17.5. The van der Waals surface area contributed by atoms with Crippen LogP contribution in [0, 0.1) is 10.8 Å². The summed E-state index contributed by atoms with van der Waals surface area (Å²) in [4.78, 5) is 1.55. The molecule has 48 heavy (non-hydrogen) atoms. The minimum atomic E-state index is -0.213. The third kappa shape index (κ3) is 6.65. The standard InChI is InChI=1S/C41H51N5O2/c1-38(2,3)24-40(7,8)28-20-26(36(47)34(22-28)45-33-18-14-13-17-32(33)42-45)19-27-21-29(41(9,10)25-39(4,5)6)23-35(37(27)48)46-43-30-15-11-12-16-31(30)44-46/h11-18,20-23,33,47-48H,19,24-25H2,1-10H3. The quantitative estimate of drug-likeness (QED) is 0.199. The summed E-state index contributed by atoms with van der Waals surface area (Å²) in [5.41, 5.74) is 7.17. The molecule has 1 aliphatic heterocycles. The van der Waals surface area contributed by atoms with Gasteiger partial charge in [-0.05, 0) is 76.0 Å². The Morgan fingerprint density at radius 1 is 0.667 bits per heavy atom. The van der Waals surface area contributed by atoms with Crippen LogP contribution < -0.4 is 5.01 Å². The number of fused-ring (bicyclic) bond motifs is 2. The number of nitrogens with zero attached hydrogens (tertiary/aromatic N) is 5. The first-order valence-corrected chi connectivity index (χ1v) is 17.1. The molecule has 1 aromatic heterocycles. The number of rotatable bonds is 8. The van der Waals surface area contributed by atoms with Gasteiger partial charge in [0.25, 0.3) is 0 Å². The van der Waals surface area contributed by atoms with E-state index in [1.54, 1.807) is 4.80 Å². The predicted octanol–water partition coefficient (Wildman–Crippen LogP) is 9.52. The molecule has 2 heterocycles. The summed E-state index contributed by atoms with van der Waals surface area (Å²) in [6.45, 7) is 22.6. The molecule has 252 valence electrons. The van der Waals surface area contributed by atoms with Crippen molar-refractivity contribution >= 4 is 22.4 Å². The van der Waals surface area contributed by atoms with Crippen LogP contribution in [0.1, 0.15) is 104 Å². The van der Waals surface area contributed by atoms with Gasteiger partial charge in [0.2, 0.25) is 0 Å². The molecule has 7 nitrogen and oxygen atoms in total. The first-order chi connectivity index (χ1) is 22.3. The average molecular weight is 646 g/mol. The molecule has 3 aromatic carbocycles. The van der Waals surface area contributed by atoms with E-state index in [4.69, 9.17) is 15.3 Å². The molecular weight excluding hydrogens is 594 g/mol. The van der Waals surface area contributed by atoms with Gasteiger partial charge >= 0.3 is 0 Å². The molecule has 0 amide bonds. The molecule has 0 saturated heterocycles. The van der Waals surface area contributed by atoms with Gasteiger partial charge in [-0.1, -0.05) is 112 Å². The Morgan fingerprint density at radius 3 is 1.67 bits per heavy atom. The number of hydrogen-bond acceptors (Lipinski definition) is 6. The van der Waals surface area contributed by atoms with Crippen molar-refractivity contribution in [3.05, 3.63) is 95.1 Å². The van der Waals surface area contributed by atoms with Crippen molar-refractivity contribution in [3.63, 3.8) is 0 Å². The Bertz CT molecular complexity index is 1930. The molecule has 1 unspecified atom stereocenters. The van der Waals surface area contributed by atoms with Crippen LogP contribution in [0.15, 0.2) is 77.9 Å². The lowest BCUT2D eigenvalue weighted by atomic mass is 9.71. The highest BCUT2D eigenvalue weighted by molar-refractivity contribution is 6.09. The molecule has 1 aliphatic carbocycles. The third-order valence-electron chi connectivity index (χ3n) is 9.44. The molecule has 2 aliphatic rings. The summed E-state index contributed by atoms with van der Waals surface area (Å²) in [7, 11) is 0. The number of hydrazone groups is 1. The summed E-state index contributed by atoms with van der Waals surface area (Å²) in [5, 5.41) is 40.2. The Kier molecular flexibility index (Phi) is 8.13. The minimum absolute atomic E-state index is 0.0173. The summed E-state index contributed by atoms with van der Waals surface area (Å²) < 4.78 is 0. The molecule has 6 rings (SSSR count). The van der Waals surface area contributed by atoms with Crippen LogP contribution in [0.2, 0.25) is 0 Å². The zero-order valence-electron chi connectivity index (χ0n) is 30.3. The number of hydrogen-bond donors (Lipinski definition) is 2. The van der Waals surface area contributed by atoms with Gasteiger partial charge in [-0.25, -0.2) is 5.01 Å². The van der Waals surface area contributed by atoms with Gasteiger partial charge < -0.3 is 10.2 Å². The second-order valence-electron chi connectivity index (χ2n) is 17.5. The normalized spacial score (nSPS) is 16.7. The Morgan fingerprint density at radius 2 is 1.17 bits per heavy atom. The number of aromatic hydroxyl groups is 2. The van der Waals surface area contributed by atoms with Gasteiger partial charge in [-0.3, -0.25) is 0 Å². The van der Waals surface area contributed by atoms with E-state index < -0.39 is 0 Å². The number of anilines is 1. The van der Waals surface area contributed by atoms with Crippen LogP contribution in [-0.4, -0.2) is 37.0 Å². The maximum absolute atomic E-state index is 12.0. The Hall–Kier alpha value is -4.39. The van der Waals surface area contributed by atoms with Crippen molar-refractivity contribution in [2.45, 2.75) is 105 Å². The third-order valence-corrected chi connectivity index (χ3v) is 9.44. The van der Waals surface area contributed by atoms with E-state index in [-0.39, 0.29) is 39.2 Å². The molecule has 2 N–H and O–H groups in total. The Balaban J connectivity index is 1.52. The van der Waals surface area contributed by atoms with Crippen molar-refractivity contribution in [1.82, 2.24) is 15.0 Å². The molecule has 1 atom stereocenters.